The number of ether oxygens (including phenoxy) is 1. The molecule has 37 heavy (non-hydrogen) atoms. The maximum Gasteiger partial charge on any atom is 0.341 e. The van der Waals surface area contributed by atoms with Gasteiger partial charge in [-0.05, 0) is 28.8 Å². The maximum atomic E-state index is 13.0. The van der Waals surface area contributed by atoms with Crippen LogP contribution in [-0.4, -0.2) is 61.0 Å². The SMILES string of the molecule is CCOC(=O)c1c(-c2ccccc2)csc1NC(=O)CN1CCN(Cc2cccc3ccccc23)CC1. The lowest BCUT2D eigenvalue weighted by molar-refractivity contribution is -0.117. The third-order valence-electron chi connectivity index (χ3n) is 6.71. The van der Waals surface area contributed by atoms with E-state index in [0.717, 1.165) is 43.9 Å². The van der Waals surface area contributed by atoms with Gasteiger partial charge in [0.05, 0.1) is 13.2 Å². The standard InChI is InChI=1S/C30H31N3O3S/c1-2-36-30(35)28-26(23-9-4-3-5-10-23)21-37-29(28)31-27(34)20-33-17-15-32(16-18-33)19-24-13-8-12-22-11-6-7-14-25(22)24/h3-14,21H,2,15-20H2,1H3,(H,31,34). The molecule has 5 rings (SSSR count). The van der Waals surface area contributed by atoms with E-state index in [1.165, 1.54) is 27.7 Å². The second-order valence-electron chi connectivity index (χ2n) is 9.18. The number of hydrogen-bond acceptors (Lipinski definition) is 6. The average molecular weight is 514 g/mol. The van der Waals surface area contributed by atoms with Crippen molar-refractivity contribution in [2.75, 3.05) is 44.6 Å². The number of amides is 1. The topological polar surface area (TPSA) is 61.9 Å². The molecule has 7 heteroatoms. The zero-order chi connectivity index (χ0) is 25.6. The minimum Gasteiger partial charge on any atom is -0.462 e. The molecule has 4 aromatic rings. The molecule has 1 saturated heterocycles. The molecular formula is C30H31N3O3S. The van der Waals surface area contributed by atoms with Gasteiger partial charge in [-0.3, -0.25) is 14.6 Å². The van der Waals surface area contributed by atoms with Crippen molar-refractivity contribution in [2.45, 2.75) is 13.5 Å². The predicted molar refractivity (Wildman–Crippen MR) is 150 cm³/mol. The molecule has 6 nitrogen and oxygen atoms in total. The van der Waals surface area contributed by atoms with Crippen molar-refractivity contribution in [1.82, 2.24) is 9.80 Å². The first-order chi connectivity index (χ1) is 18.1. The summed E-state index contributed by atoms with van der Waals surface area (Å²) in [7, 11) is 0. The molecule has 1 aromatic heterocycles. The summed E-state index contributed by atoms with van der Waals surface area (Å²) in [5.41, 5.74) is 3.46. The molecule has 1 aliphatic heterocycles. The van der Waals surface area contributed by atoms with Gasteiger partial charge < -0.3 is 10.1 Å². The molecule has 190 valence electrons. The summed E-state index contributed by atoms with van der Waals surface area (Å²) in [5.74, 6) is -0.533. The third-order valence-corrected chi connectivity index (χ3v) is 7.61. The molecule has 0 spiro atoms. The Morgan fingerprint density at radius 2 is 1.59 bits per heavy atom. The quantitative estimate of drug-likeness (QED) is 0.315. The highest BCUT2D eigenvalue weighted by atomic mass is 32.1. The number of nitrogens with one attached hydrogen (secondary N) is 1. The number of rotatable bonds is 8. The van der Waals surface area contributed by atoms with E-state index in [2.05, 4.69) is 57.6 Å². The maximum absolute atomic E-state index is 13.0. The van der Waals surface area contributed by atoms with E-state index < -0.39 is 5.97 Å². The number of carbonyl (C=O) groups excluding carboxylic acids is 2. The summed E-state index contributed by atoms with van der Waals surface area (Å²) < 4.78 is 5.31. The second-order valence-corrected chi connectivity index (χ2v) is 10.1. The number of anilines is 1. The van der Waals surface area contributed by atoms with Gasteiger partial charge in [-0.15, -0.1) is 11.3 Å². The van der Waals surface area contributed by atoms with Crippen molar-refractivity contribution in [2.24, 2.45) is 0 Å². The summed E-state index contributed by atoms with van der Waals surface area (Å²) in [6, 6.07) is 24.7. The van der Waals surface area contributed by atoms with Crippen LogP contribution in [0.5, 0.6) is 0 Å². The van der Waals surface area contributed by atoms with Crippen LogP contribution >= 0.6 is 11.3 Å². The Morgan fingerprint density at radius 3 is 2.38 bits per heavy atom. The molecule has 2 heterocycles. The molecule has 0 aliphatic carbocycles. The number of piperazine rings is 1. The lowest BCUT2D eigenvalue weighted by Crippen LogP contribution is -2.48. The van der Waals surface area contributed by atoms with Gasteiger partial charge in [-0.1, -0.05) is 72.8 Å². The number of nitrogens with zero attached hydrogens (tertiary/aromatic N) is 2. The normalized spacial score (nSPS) is 14.5. The Kier molecular flexibility index (Phi) is 7.94. The zero-order valence-corrected chi connectivity index (χ0v) is 21.8. The molecule has 0 radical (unpaired) electrons. The van der Waals surface area contributed by atoms with Gasteiger partial charge in [0.2, 0.25) is 5.91 Å². The number of carbonyl (C=O) groups is 2. The molecule has 3 aromatic carbocycles. The van der Waals surface area contributed by atoms with Crippen LogP contribution in [0.2, 0.25) is 0 Å². The predicted octanol–water partition coefficient (Wildman–Crippen LogP) is 5.50. The van der Waals surface area contributed by atoms with Crippen LogP contribution in [0.3, 0.4) is 0 Å². The Morgan fingerprint density at radius 1 is 0.892 bits per heavy atom. The van der Waals surface area contributed by atoms with Crippen LogP contribution in [0.1, 0.15) is 22.8 Å². The van der Waals surface area contributed by atoms with Crippen molar-refractivity contribution < 1.29 is 14.3 Å². The highest BCUT2D eigenvalue weighted by Gasteiger charge is 2.24. The van der Waals surface area contributed by atoms with E-state index in [0.29, 0.717) is 17.1 Å². The fourth-order valence-corrected chi connectivity index (χ4v) is 5.81. The molecule has 0 unspecified atom stereocenters. The molecule has 1 amide bonds. The van der Waals surface area contributed by atoms with E-state index in [-0.39, 0.29) is 12.5 Å². The van der Waals surface area contributed by atoms with E-state index >= 15 is 0 Å². The van der Waals surface area contributed by atoms with E-state index in [1.807, 2.05) is 35.7 Å². The van der Waals surface area contributed by atoms with Crippen molar-refractivity contribution in [1.29, 1.82) is 0 Å². The van der Waals surface area contributed by atoms with E-state index in [9.17, 15) is 9.59 Å². The van der Waals surface area contributed by atoms with Crippen LogP contribution in [0, 0.1) is 0 Å². The molecular weight excluding hydrogens is 482 g/mol. The van der Waals surface area contributed by atoms with Gasteiger partial charge in [0.1, 0.15) is 10.6 Å². The van der Waals surface area contributed by atoms with Crippen molar-refractivity contribution in [3.63, 3.8) is 0 Å². The average Bonchev–Trinajstić information content (AvgIpc) is 3.34. The Hall–Kier alpha value is -3.52. The minimum absolute atomic E-state index is 0.116. The lowest BCUT2D eigenvalue weighted by Gasteiger charge is -2.34. The monoisotopic (exact) mass is 513 g/mol. The van der Waals surface area contributed by atoms with Gasteiger partial charge >= 0.3 is 5.97 Å². The summed E-state index contributed by atoms with van der Waals surface area (Å²) in [6.45, 7) is 6.71. The van der Waals surface area contributed by atoms with Gasteiger partial charge in [0.25, 0.3) is 0 Å². The molecule has 1 N–H and O–H groups in total. The Labute approximate surface area is 221 Å². The number of benzene rings is 3. The molecule has 0 saturated carbocycles. The van der Waals surface area contributed by atoms with Crippen molar-refractivity contribution in [3.05, 3.63) is 89.3 Å². The smallest absolute Gasteiger partial charge is 0.341 e. The Balaban J connectivity index is 1.20. The first-order valence-electron chi connectivity index (χ1n) is 12.7. The van der Waals surface area contributed by atoms with E-state index in [1.54, 1.807) is 6.92 Å². The van der Waals surface area contributed by atoms with Crippen LogP contribution in [0.15, 0.2) is 78.2 Å². The number of thiophene rings is 1. The Bertz CT molecular complexity index is 1370. The second kappa shape index (κ2) is 11.7. The van der Waals surface area contributed by atoms with Crippen molar-refractivity contribution >= 4 is 39.0 Å². The van der Waals surface area contributed by atoms with Gasteiger partial charge in [-0.2, -0.15) is 0 Å². The lowest BCUT2D eigenvalue weighted by atomic mass is 10.0. The van der Waals surface area contributed by atoms with Crippen molar-refractivity contribution in [3.8, 4) is 11.1 Å². The molecule has 0 bridgehead atoms. The first-order valence-corrected chi connectivity index (χ1v) is 13.6. The van der Waals surface area contributed by atoms with Crippen LogP contribution < -0.4 is 5.32 Å². The van der Waals surface area contributed by atoms with Gasteiger partial charge in [0, 0.05) is 43.7 Å². The first kappa shape index (κ1) is 25.1. The number of hydrogen-bond donors (Lipinski definition) is 1. The fourth-order valence-electron chi connectivity index (χ4n) is 4.83. The number of esters is 1. The van der Waals surface area contributed by atoms with Gasteiger partial charge in [-0.25, -0.2) is 4.79 Å². The highest BCUT2D eigenvalue weighted by Crippen LogP contribution is 2.36. The molecule has 1 fully saturated rings. The van der Waals surface area contributed by atoms with E-state index in [4.69, 9.17) is 4.74 Å². The summed E-state index contributed by atoms with van der Waals surface area (Å²) in [5, 5.41) is 7.99. The number of fused-ring (bicyclic) bond motifs is 1. The molecule has 0 atom stereocenters. The van der Waals surface area contributed by atoms with Crippen LogP contribution in [0.25, 0.3) is 21.9 Å². The van der Waals surface area contributed by atoms with Gasteiger partial charge in [0.15, 0.2) is 0 Å². The summed E-state index contributed by atoms with van der Waals surface area (Å²) in [6.07, 6.45) is 0. The minimum atomic E-state index is -0.417. The fraction of sp³-hybridized carbons (Fsp3) is 0.267. The molecule has 1 aliphatic rings. The third kappa shape index (κ3) is 5.91. The summed E-state index contributed by atoms with van der Waals surface area (Å²) in [4.78, 5) is 30.4. The van der Waals surface area contributed by atoms with Crippen LogP contribution in [-0.2, 0) is 16.1 Å². The largest absolute Gasteiger partial charge is 0.462 e. The van der Waals surface area contributed by atoms with Crippen LogP contribution in [0.4, 0.5) is 5.00 Å². The zero-order valence-electron chi connectivity index (χ0n) is 21.0. The highest BCUT2D eigenvalue weighted by molar-refractivity contribution is 7.15. The summed E-state index contributed by atoms with van der Waals surface area (Å²) >= 11 is 1.36.